The average Bonchev–Trinajstić information content (AvgIpc) is 3.20. The smallest absolute Gasteiger partial charge is 0.229 e. The molecule has 0 radical (unpaired) electrons. The SMILES string of the molecule is Cc1cc(Nc2ncc(C)c(N3CC(N4CCN5C[C@H](F)C[C@H]5C4)C3)n2)sn1. The Morgan fingerprint density at radius 3 is 2.64 bits per heavy atom. The van der Waals surface area contributed by atoms with Crippen LogP contribution in [0.5, 0.6) is 0 Å². The summed E-state index contributed by atoms with van der Waals surface area (Å²) in [6.07, 6.45) is 1.94. The maximum Gasteiger partial charge on any atom is 0.229 e. The number of rotatable bonds is 4. The average molecular weight is 404 g/mol. The standard InChI is InChI=1S/C19H26FN7S/c1-12-7-21-19(22-17-5-13(2)24-28-17)23-18(12)27-10-16(11-27)26-4-3-25-8-14(20)6-15(25)9-26/h5,7,14-16H,3-4,6,8-11H2,1-2H3,(H,21,22,23)/t14-,15+/m1/s1. The molecule has 2 aromatic heterocycles. The van der Waals surface area contributed by atoms with Gasteiger partial charge in [0, 0.05) is 63.1 Å². The van der Waals surface area contributed by atoms with Crippen LogP contribution in [0.15, 0.2) is 12.3 Å². The van der Waals surface area contributed by atoms with Crippen molar-refractivity contribution in [2.45, 2.75) is 38.5 Å². The van der Waals surface area contributed by atoms with Crippen LogP contribution in [0.2, 0.25) is 0 Å². The first-order chi connectivity index (χ1) is 13.5. The van der Waals surface area contributed by atoms with Gasteiger partial charge in [0.1, 0.15) is 17.0 Å². The van der Waals surface area contributed by atoms with Crippen molar-refractivity contribution in [2.75, 3.05) is 49.5 Å². The molecule has 7 nitrogen and oxygen atoms in total. The molecular weight excluding hydrogens is 377 g/mol. The normalized spacial score (nSPS) is 26.3. The van der Waals surface area contributed by atoms with Crippen molar-refractivity contribution in [3.05, 3.63) is 23.5 Å². The Morgan fingerprint density at radius 2 is 1.89 bits per heavy atom. The van der Waals surface area contributed by atoms with Crippen molar-refractivity contribution >= 4 is 28.3 Å². The molecule has 3 aliphatic heterocycles. The van der Waals surface area contributed by atoms with Crippen molar-refractivity contribution < 1.29 is 4.39 Å². The molecule has 2 atom stereocenters. The highest BCUT2D eigenvalue weighted by Gasteiger charge is 2.41. The van der Waals surface area contributed by atoms with Gasteiger partial charge in [-0.15, -0.1) is 0 Å². The zero-order chi connectivity index (χ0) is 19.3. The van der Waals surface area contributed by atoms with Crippen LogP contribution in [0.1, 0.15) is 17.7 Å². The first-order valence-corrected chi connectivity index (χ1v) is 10.7. The van der Waals surface area contributed by atoms with Crippen LogP contribution in [0.3, 0.4) is 0 Å². The topological polar surface area (TPSA) is 60.4 Å². The fourth-order valence-corrected chi connectivity index (χ4v) is 5.20. The molecule has 0 aliphatic carbocycles. The van der Waals surface area contributed by atoms with Gasteiger partial charge in [-0.1, -0.05) is 0 Å². The number of nitrogens with zero attached hydrogens (tertiary/aromatic N) is 6. The second kappa shape index (κ2) is 7.20. The maximum absolute atomic E-state index is 13.7. The van der Waals surface area contributed by atoms with E-state index >= 15 is 0 Å². The zero-order valence-electron chi connectivity index (χ0n) is 16.3. The summed E-state index contributed by atoms with van der Waals surface area (Å²) >= 11 is 1.42. The van der Waals surface area contributed by atoms with Crippen molar-refractivity contribution in [3.63, 3.8) is 0 Å². The van der Waals surface area contributed by atoms with Crippen LogP contribution in [0.4, 0.5) is 21.2 Å². The molecule has 1 N–H and O–H groups in total. The van der Waals surface area contributed by atoms with E-state index in [4.69, 9.17) is 4.98 Å². The minimum atomic E-state index is -0.639. The lowest BCUT2D eigenvalue weighted by atomic mass is 10.0. The van der Waals surface area contributed by atoms with Crippen molar-refractivity contribution in [3.8, 4) is 0 Å². The summed E-state index contributed by atoms with van der Waals surface area (Å²) < 4.78 is 18.0. The van der Waals surface area contributed by atoms with Gasteiger partial charge in [-0.25, -0.2) is 9.37 Å². The van der Waals surface area contributed by atoms with E-state index in [1.807, 2.05) is 19.2 Å². The molecule has 0 saturated carbocycles. The summed E-state index contributed by atoms with van der Waals surface area (Å²) in [4.78, 5) is 16.4. The highest BCUT2D eigenvalue weighted by atomic mass is 32.1. The summed E-state index contributed by atoms with van der Waals surface area (Å²) in [7, 11) is 0. The third kappa shape index (κ3) is 3.46. The fourth-order valence-electron chi connectivity index (χ4n) is 4.54. The highest BCUT2D eigenvalue weighted by molar-refractivity contribution is 7.10. The number of nitrogens with one attached hydrogen (secondary N) is 1. The predicted octanol–water partition coefficient (Wildman–Crippen LogP) is 2.21. The lowest BCUT2D eigenvalue weighted by molar-refractivity contribution is 0.0604. The summed E-state index contributed by atoms with van der Waals surface area (Å²) in [5.41, 5.74) is 2.08. The Labute approximate surface area is 168 Å². The molecule has 3 fully saturated rings. The lowest BCUT2D eigenvalue weighted by Crippen LogP contribution is -2.64. The molecule has 3 saturated heterocycles. The lowest BCUT2D eigenvalue weighted by Gasteiger charge is -2.49. The maximum atomic E-state index is 13.7. The molecule has 0 spiro atoms. The Kier molecular flexibility index (Phi) is 4.68. The van der Waals surface area contributed by atoms with E-state index in [9.17, 15) is 4.39 Å². The van der Waals surface area contributed by atoms with Gasteiger partial charge in [0.2, 0.25) is 5.95 Å². The number of hydrogen-bond acceptors (Lipinski definition) is 8. The highest BCUT2D eigenvalue weighted by Crippen LogP contribution is 2.30. The van der Waals surface area contributed by atoms with Gasteiger partial charge >= 0.3 is 0 Å². The Hall–Kier alpha value is -1.84. The number of hydrogen-bond donors (Lipinski definition) is 1. The van der Waals surface area contributed by atoms with E-state index in [0.717, 1.165) is 54.8 Å². The number of alkyl halides is 1. The molecule has 0 bridgehead atoms. The van der Waals surface area contributed by atoms with Crippen LogP contribution in [-0.2, 0) is 0 Å². The largest absolute Gasteiger partial charge is 0.353 e. The van der Waals surface area contributed by atoms with Crippen LogP contribution in [0, 0.1) is 13.8 Å². The molecule has 9 heteroatoms. The van der Waals surface area contributed by atoms with Gasteiger partial charge in [0.05, 0.1) is 5.69 Å². The van der Waals surface area contributed by atoms with E-state index in [1.165, 1.54) is 11.5 Å². The van der Waals surface area contributed by atoms with Gasteiger partial charge < -0.3 is 10.2 Å². The van der Waals surface area contributed by atoms with Gasteiger partial charge in [-0.3, -0.25) is 9.80 Å². The molecule has 2 aromatic rings. The van der Waals surface area contributed by atoms with Crippen LogP contribution >= 0.6 is 11.5 Å². The van der Waals surface area contributed by atoms with E-state index in [2.05, 4.69) is 36.3 Å². The Balaban J connectivity index is 1.22. The third-order valence-corrected chi connectivity index (χ3v) is 6.88. The summed E-state index contributed by atoms with van der Waals surface area (Å²) in [5, 5.41) is 4.21. The van der Waals surface area contributed by atoms with Crippen LogP contribution < -0.4 is 10.2 Å². The van der Waals surface area contributed by atoms with Gasteiger partial charge in [0.25, 0.3) is 0 Å². The first-order valence-electron chi connectivity index (χ1n) is 9.96. The molecule has 3 aliphatic rings. The number of aromatic nitrogens is 3. The second-order valence-electron chi connectivity index (χ2n) is 8.19. The zero-order valence-corrected chi connectivity index (χ0v) is 17.1. The molecule has 150 valence electrons. The van der Waals surface area contributed by atoms with Crippen molar-refractivity contribution in [2.24, 2.45) is 0 Å². The Bertz CT molecular complexity index is 853. The van der Waals surface area contributed by atoms with E-state index < -0.39 is 6.17 Å². The molecule has 0 amide bonds. The van der Waals surface area contributed by atoms with Crippen molar-refractivity contribution in [1.29, 1.82) is 0 Å². The van der Waals surface area contributed by atoms with E-state index in [-0.39, 0.29) is 0 Å². The predicted molar refractivity (Wildman–Crippen MR) is 109 cm³/mol. The molecule has 5 heterocycles. The minimum Gasteiger partial charge on any atom is -0.353 e. The molecule has 0 unspecified atom stereocenters. The van der Waals surface area contributed by atoms with Gasteiger partial charge in [0.15, 0.2) is 0 Å². The van der Waals surface area contributed by atoms with E-state index in [0.29, 0.717) is 31.0 Å². The number of piperazine rings is 1. The number of halogens is 1. The molecule has 28 heavy (non-hydrogen) atoms. The Morgan fingerprint density at radius 1 is 1.11 bits per heavy atom. The summed E-state index contributed by atoms with van der Waals surface area (Å²) in [5.74, 6) is 1.61. The number of anilines is 3. The summed E-state index contributed by atoms with van der Waals surface area (Å²) in [6, 6.07) is 2.94. The number of fused-ring (bicyclic) bond motifs is 1. The van der Waals surface area contributed by atoms with E-state index in [1.54, 1.807) is 0 Å². The van der Waals surface area contributed by atoms with Gasteiger partial charge in [-0.2, -0.15) is 9.36 Å². The quantitative estimate of drug-likeness (QED) is 0.840. The molecule has 0 aromatic carbocycles. The number of aryl methyl sites for hydroxylation is 2. The second-order valence-corrected chi connectivity index (χ2v) is 9.00. The summed E-state index contributed by atoms with van der Waals surface area (Å²) in [6.45, 7) is 9.65. The third-order valence-electron chi connectivity index (χ3n) is 6.08. The minimum absolute atomic E-state index is 0.400. The molecule has 5 rings (SSSR count). The van der Waals surface area contributed by atoms with Crippen molar-refractivity contribution in [1.82, 2.24) is 24.1 Å². The molecular formula is C19H26FN7S. The monoisotopic (exact) mass is 403 g/mol. The van der Waals surface area contributed by atoms with Crippen LogP contribution in [0.25, 0.3) is 0 Å². The van der Waals surface area contributed by atoms with Crippen LogP contribution in [-0.4, -0.2) is 81.7 Å². The first kappa shape index (κ1) is 18.2. The van der Waals surface area contributed by atoms with Gasteiger partial charge in [-0.05, 0) is 37.9 Å². The fraction of sp³-hybridized carbons (Fsp3) is 0.632.